The number of aromatic nitrogens is 3. The molecule has 2 aliphatic rings. The molecule has 0 bridgehead atoms. The molecule has 7 heteroatoms. The fourth-order valence-electron chi connectivity index (χ4n) is 3.92. The van der Waals surface area contributed by atoms with Crippen LogP contribution in [0.1, 0.15) is 32.6 Å². The van der Waals surface area contributed by atoms with Gasteiger partial charge in [0.2, 0.25) is 5.91 Å². The average molecular weight is 354 g/mol. The van der Waals surface area contributed by atoms with E-state index in [1.165, 1.54) is 12.8 Å². The predicted molar refractivity (Wildman–Crippen MR) is 101 cm³/mol. The van der Waals surface area contributed by atoms with Crippen LogP contribution in [0.5, 0.6) is 0 Å². The van der Waals surface area contributed by atoms with Gasteiger partial charge >= 0.3 is 0 Å². The minimum Gasteiger partial charge on any atom is -0.354 e. The highest BCUT2D eigenvalue weighted by Gasteiger charge is 2.28. The summed E-state index contributed by atoms with van der Waals surface area (Å²) in [5.74, 6) is 1.10. The molecule has 1 atom stereocenters. The first-order valence-corrected chi connectivity index (χ1v) is 9.58. The summed E-state index contributed by atoms with van der Waals surface area (Å²) in [6, 6.07) is 4.28. The quantitative estimate of drug-likeness (QED) is 0.899. The standard InChI is InChI=1S/C19H26N6O/c1-14(19(26)22-15-4-2-3-5-15)24-10-12-25(13-11-24)17-7-6-16-18(23-17)21-9-8-20-16/h6-9,14-15H,2-5,10-13H2,1H3,(H,22,26). The van der Waals surface area contributed by atoms with Crippen LogP contribution in [0.25, 0.3) is 11.2 Å². The van der Waals surface area contributed by atoms with Gasteiger partial charge in [-0.05, 0) is 31.9 Å². The fourth-order valence-corrected chi connectivity index (χ4v) is 3.92. The van der Waals surface area contributed by atoms with Crippen molar-refractivity contribution >= 4 is 22.9 Å². The van der Waals surface area contributed by atoms with Gasteiger partial charge in [-0.1, -0.05) is 12.8 Å². The fraction of sp³-hybridized carbons (Fsp3) is 0.579. The maximum atomic E-state index is 12.5. The van der Waals surface area contributed by atoms with Gasteiger partial charge in [0.05, 0.1) is 6.04 Å². The molecule has 26 heavy (non-hydrogen) atoms. The van der Waals surface area contributed by atoms with Crippen LogP contribution in [0.4, 0.5) is 5.82 Å². The maximum absolute atomic E-state index is 12.5. The van der Waals surface area contributed by atoms with E-state index in [1.807, 2.05) is 19.1 Å². The Kier molecular flexibility index (Phi) is 4.97. The molecular weight excluding hydrogens is 328 g/mol. The van der Waals surface area contributed by atoms with Crippen molar-refractivity contribution in [3.8, 4) is 0 Å². The molecular formula is C19H26N6O. The highest BCUT2D eigenvalue weighted by Crippen LogP contribution is 2.19. The maximum Gasteiger partial charge on any atom is 0.237 e. The lowest BCUT2D eigenvalue weighted by Gasteiger charge is -2.38. The number of pyridine rings is 1. The number of fused-ring (bicyclic) bond motifs is 1. The van der Waals surface area contributed by atoms with Gasteiger partial charge < -0.3 is 10.2 Å². The van der Waals surface area contributed by atoms with Crippen molar-refractivity contribution in [3.05, 3.63) is 24.5 Å². The van der Waals surface area contributed by atoms with E-state index in [-0.39, 0.29) is 11.9 Å². The second-order valence-electron chi connectivity index (χ2n) is 7.26. The lowest BCUT2D eigenvalue weighted by molar-refractivity contribution is -0.126. The number of hydrogen-bond acceptors (Lipinski definition) is 6. The zero-order chi connectivity index (χ0) is 17.9. The first kappa shape index (κ1) is 17.1. The van der Waals surface area contributed by atoms with Gasteiger partial charge in [0.25, 0.3) is 0 Å². The third-order valence-corrected chi connectivity index (χ3v) is 5.58. The van der Waals surface area contributed by atoms with Crippen LogP contribution in [-0.2, 0) is 4.79 Å². The Bertz CT molecular complexity index is 767. The van der Waals surface area contributed by atoms with Crippen LogP contribution in [0.3, 0.4) is 0 Å². The predicted octanol–water partition coefficient (Wildman–Crippen LogP) is 1.59. The van der Waals surface area contributed by atoms with Crippen LogP contribution >= 0.6 is 0 Å². The van der Waals surface area contributed by atoms with Crippen molar-refractivity contribution in [2.45, 2.75) is 44.7 Å². The van der Waals surface area contributed by atoms with Gasteiger partial charge in [-0.15, -0.1) is 0 Å². The molecule has 0 spiro atoms. The average Bonchev–Trinajstić information content (AvgIpc) is 3.20. The third-order valence-electron chi connectivity index (χ3n) is 5.58. The monoisotopic (exact) mass is 354 g/mol. The van der Waals surface area contributed by atoms with Gasteiger partial charge in [-0.25, -0.2) is 9.97 Å². The molecule has 1 N–H and O–H groups in total. The minimum atomic E-state index is -0.0758. The normalized spacial score (nSPS) is 20.4. The van der Waals surface area contributed by atoms with E-state index >= 15 is 0 Å². The summed E-state index contributed by atoms with van der Waals surface area (Å²) in [6.45, 7) is 5.46. The number of rotatable bonds is 4. The van der Waals surface area contributed by atoms with Crippen molar-refractivity contribution in [3.63, 3.8) is 0 Å². The molecule has 1 aliphatic carbocycles. The van der Waals surface area contributed by atoms with Crippen LogP contribution in [0.2, 0.25) is 0 Å². The van der Waals surface area contributed by atoms with E-state index in [1.54, 1.807) is 12.4 Å². The summed E-state index contributed by atoms with van der Waals surface area (Å²) in [5, 5.41) is 3.22. The van der Waals surface area contributed by atoms with Crippen LogP contribution < -0.4 is 10.2 Å². The molecule has 138 valence electrons. The number of piperazine rings is 1. The third kappa shape index (κ3) is 3.62. The van der Waals surface area contributed by atoms with Crippen LogP contribution in [0.15, 0.2) is 24.5 Å². The second-order valence-corrected chi connectivity index (χ2v) is 7.26. The van der Waals surface area contributed by atoms with Gasteiger partial charge in [0.15, 0.2) is 5.65 Å². The molecule has 2 fully saturated rings. The Morgan fingerprint density at radius 1 is 1.12 bits per heavy atom. The number of anilines is 1. The van der Waals surface area contributed by atoms with E-state index in [0.29, 0.717) is 11.7 Å². The lowest BCUT2D eigenvalue weighted by atomic mass is 10.2. The summed E-state index contributed by atoms with van der Waals surface area (Å²) in [7, 11) is 0. The highest BCUT2D eigenvalue weighted by atomic mass is 16.2. The first-order valence-electron chi connectivity index (χ1n) is 9.58. The van der Waals surface area contributed by atoms with Crippen molar-refractivity contribution in [2.24, 2.45) is 0 Å². The van der Waals surface area contributed by atoms with E-state index in [2.05, 4.69) is 30.1 Å². The zero-order valence-corrected chi connectivity index (χ0v) is 15.3. The minimum absolute atomic E-state index is 0.0758. The molecule has 1 saturated carbocycles. The number of hydrogen-bond donors (Lipinski definition) is 1. The van der Waals surface area contributed by atoms with Crippen molar-refractivity contribution < 1.29 is 4.79 Å². The van der Waals surface area contributed by atoms with Crippen molar-refractivity contribution in [2.75, 3.05) is 31.1 Å². The van der Waals surface area contributed by atoms with E-state index in [0.717, 1.165) is 50.4 Å². The molecule has 1 unspecified atom stereocenters. The summed E-state index contributed by atoms with van der Waals surface area (Å²) in [4.78, 5) is 30.2. The molecule has 0 radical (unpaired) electrons. The molecule has 4 rings (SSSR count). The Morgan fingerprint density at radius 2 is 1.85 bits per heavy atom. The molecule has 2 aromatic rings. The van der Waals surface area contributed by atoms with E-state index in [4.69, 9.17) is 0 Å². The van der Waals surface area contributed by atoms with Gasteiger partial charge in [0, 0.05) is 44.6 Å². The second kappa shape index (κ2) is 7.53. The number of carbonyl (C=O) groups excluding carboxylic acids is 1. The van der Waals surface area contributed by atoms with E-state index < -0.39 is 0 Å². The van der Waals surface area contributed by atoms with Crippen molar-refractivity contribution in [1.29, 1.82) is 0 Å². The first-order chi connectivity index (χ1) is 12.7. The van der Waals surface area contributed by atoms with Gasteiger partial charge in [-0.2, -0.15) is 0 Å². The van der Waals surface area contributed by atoms with Crippen LogP contribution in [0, 0.1) is 0 Å². The lowest BCUT2D eigenvalue weighted by Crippen LogP contribution is -2.55. The SMILES string of the molecule is CC(C(=O)NC1CCCC1)N1CCN(c2ccc3nccnc3n2)CC1. The summed E-state index contributed by atoms with van der Waals surface area (Å²) >= 11 is 0. The van der Waals surface area contributed by atoms with E-state index in [9.17, 15) is 4.79 Å². The zero-order valence-electron chi connectivity index (χ0n) is 15.3. The Hall–Kier alpha value is -2.28. The highest BCUT2D eigenvalue weighted by molar-refractivity contribution is 5.81. The number of carbonyl (C=O) groups is 1. The Balaban J connectivity index is 1.34. The largest absolute Gasteiger partial charge is 0.354 e. The topological polar surface area (TPSA) is 74.2 Å². The molecule has 1 saturated heterocycles. The van der Waals surface area contributed by atoms with Crippen molar-refractivity contribution in [1.82, 2.24) is 25.2 Å². The molecule has 1 aliphatic heterocycles. The van der Waals surface area contributed by atoms with Crippen LogP contribution in [-0.4, -0.2) is 64.0 Å². The Morgan fingerprint density at radius 3 is 2.62 bits per heavy atom. The molecule has 3 heterocycles. The molecule has 2 aromatic heterocycles. The summed E-state index contributed by atoms with van der Waals surface area (Å²) < 4.78 is 0. The number of nitrogens with one attached hydrogen (secondary N) is 1. The summed E-state index contributed by atoms with van der Waals surface area (Å²) in [6.07, 6.45) is 8.08. The smallest absolute Gasteiger partial charge is 0.237 e. The number of nitrogens with zero attached hydrogens (tertiary/aromatic N) is 5. The number of amides is 1. The Labute approximate surface area is 153 Å². The molecule has 1 amide bonds. The van der Waals surface area contributed by atoms with Gasteiger partial charge in [-0.3, -0.25) is 14.7 Å². The molecule has 7 nitrogen and oxygen atoms in total. The molecule has 0 aromatic carbocycles. The van der Waals surface area contributed by atoms with Gasteiger partial charge in [0.1, 0.15) is 11.3 Å². The summed E-state index contributed by atoms with van der Waals surface area (Å²) in [5.41, 5.74) is 1.49.